The molecule has 0 aliphatic heterocycles. The van der Waals surface area contributed by atoms with Crippen molar-refractivity contribution >= 4 is 0 Å². The van der Waals surface area contributed by atoms with E-state index in [1.54, 1.807) is 6.20 Å². The van der Waals surface area contributed by atoms with Gasteiger partial charge in [-0.05, 0) is 64.1 Å². The van der Waals surface area contributed by atoms with Gasteiger partial charge in [0.15, 0.2) is 5.82 Å². The second-order valence-electron chi connectivity index (χ2n) is 8.61. The van der Waals surface area contributed by atoms with Crippen molar-refractivity contribution < 1.29 is 13.5 Å². The van der Waals surface area contributed by atoms with Crippen LogP contribution in [0.4, 0.5) is 8.78 Å². The van der Waals surface area contributed by atoms with Gasteiger partial charge in [-0.15, -0.1) is 5.10 Å². The van der Waals surface area contributed by atoms with Gasteiger partial charge in [-0.2, -0.15) is 13.5 Å². The van der Waals surface area contributed by atoms with Crippen LogP contribution < -0.4 is 4.74 Å². The first-order valence-corrected chi connectivity index (χ1v) is 10.8. The molecule has 1 fully saturated rings. The zero-order valence-corrected chi connectivity index (χ0v) is 18.1. The van der Waals surface area contributed by atoms with Gasteiger partial charge in [0.2, 0.25) is 0 Å². The third-order valence-corrected chi connectivity index (χ3v) is 6.24. The quantitative estimate of drug-likeness (QED) is 0.350. The summed E-state index contributed by atoms with van der Waals surface area (Å²) in [6.07, 6.45) is 4.03. The van der Waals surface area contributed by atoms with Crippen LogP contribution in [0.5, 0.6) is 5.75 Å². The van der Waals surface area contributed by atoms with Crippen LogP contribution in [0.3, 0.4) is 0 Å². The van der Waals surface area contributed by atoms with Gasteiger partial charge in [0, 0.05) is 17.7 Å². The van der Waals surface area contributed by atoms with Crippen LogP contribution in [0.15, 0.2) is 72.9 Å². The van der Waals surface area contributed by atoms with Crippen LogP contribution >= 0.6 is 0 Å². The predicted molar refractivity (Wildman–Crippen MR) is 119 cm³/mol. The summed E-state index contributed by atoms with van der Waals surface area (Å²) in [7, 11) is 0. The molecule has 168 valence electrons. The van der Waals surface area contributed by atoms with Crippen LogP contribution in [0.2, 0.25) is 0 Å². The maximum Gasteiger partial charge on any atom is 0.336 e. The zero-order chi connectivity index (χ0) is 22.8. The van der Waals surface area contributed by atoms with E-state index in [9.17, 15) is 8.78 Å². The molecule has 1 aliphatic carbocycles. The van der Waals surface area contributed by atoms with E-state index >= 15 is 0 Å². The first-order valence-electron chi connectivity index (χ1n) is 10.8. The maximum absolute atomic E-state index is 13.1. The van der Waals surface area contributed by atoms with Gasteiger partial charge in [-0.1, -0.05) is 49.4 Å². The van der Waals surface area contributed by atoms with E-state index in [2.05, 4.69) is 39.6 Å². The Morgan fingerprint density at radius 3 is 2.27 bits per heavy atom. The summed E-state index contributed by atoms with van der Waals surface area (Å²) in [6.45, 7) is -0.0823. The number of tetrazole rings is 1. The van der Waals surface area contributed by atoms with Gasteiger partial charge >= 0.3 is 6.55 Å². The molecule has 6 nitrogen and oxygen atoms in total. The fourth-order valence-electron chi connectivity index (χ4n) is 4.22. The van der Waals surface area contributed by atoms with Gasteiger partial charge < -0.3 is 4.74 Å². The van der Waals surface area contributed by atoms with Crippen molar-refractivity contribution in [3.63, 3.8) is 0 Å². The van der Waals surface area contributed by atoms with Crippen molar-refractivity contribution in [2.45, 2.75) is 38.8 Å². The average molecular weight is 447 g/mol. The first kappa shape index (κ1) is 21.2. The predicted octanol–water partition coefficient (Wildman–Crippen LogP) is 5.64. The van der Waals surface area contributed by atoms with Crippen molar-refractivity contribution in [2.75, 3.05) is 0 Å². The summed E-state index contributed by atoms with van der Waals surface area (Å²) in [6, 6.07) is 21.5. The lowest BCUT2D eigenvalue weighted by Crippen LogP contribution is -2.12. The molecule has 2 heterocycles. The minimum Gasteiger partial charge on any atom is -0.487 e. The molecule has 0 saturated heterocycles. The van der Waals surface area contributed by atoms with E-state index in [1.165, 1.54) is 5.56 Å². The molecule has 0 amide bonds. The molecule has 1 unspecified atom stereocenters. The summed E-state index contributed by atoms with van der Waals surface area (Å²) >= 11 is 0. The SMILES string of the molecule is CC1(C(c2ccc(OCc3ccccn3)cc2)c2ccc(-c3nnnn3C(F)F)cc2)CC1. The van der Waals surface area contributed by atoms with Crippen LogP contribution in [0.1, 0.15) is 49.1 Å². The molecule has 2 aromatic carbocycles. The Morgan fingerprint density at radius 1 is 0.970 bits per heavy atom. The Morgan fingerprint density at radius 2 is 1.67 bits per heavy atom. The van der Waals surface area contributed by atoms with Crippen molar-refractivity contribution in [3.05, 3.63) is 89.7 Å². The summed E-state index contributed by atoms with van der Waals surface area (Å²) in [5, 5.41) is 10.5. The number of rotatable bonds is 8. The molecular weight excluding hydrogens is 424 g/mol. The number of hydrogen-bond donors (Lipinski definition) is 0. The summed E-state index contributed by atoms with van der Waals surface area (Å²) in [4.78, 5) is 4.28. The number of benzene rings is 2. The van der Waals surface area contributed by atoms with E-state index in [-0.39, 0.29) is 17.2 Å². The fraction of sp³-hybridized carbons (Fsp3) is 0.280. The van der Waals surface area contributed by atoms with E-state index in [0.29, 0.717) is 16.9 Å². The second-order valence-corrected chi connectivity index (χ2v) is 8.61. The third kappa shape index (κ3) is 4.46. The summed E-state index contributed by atoms with van der Waals surface area (Å²) in [5.41, 5.74) is 3.94. The zero-order valence-electron chi connectivity index (χ0n) is 18.1. The van der Waals surface area contributed by atoms with E-state index in [0.717, 1.165) is 29.8 Å². The standard InChI is InChI=1S/C25H23F2N5O/c1-25(13-14-25)22(17-5-7-19(8-6-17)23-29-30-31-32(23)24(26)27)18-9-11-21(12-10-18)33-16-20-4-2-3-15-28-20/h2-12,15,22,24H,13-14,16H2,1H3. The van der Waals surface area contributed by atoms with Crippen molar-refractivity contribution in [3.8, 4) is 17.1 Å². The smallest absolute Gasteiger partial charge is 0.336 e. The number of aromatic nitrogens is 5. The highest BCUT2D eigenvalue weighted by Crippen LogP contribution is 2.58. The van der Waals surface area contributed by atoms with Crippen LogP contribution in [-0.4, -0.2) is 25.2 Å². The topological polar surface area (TPSA) is 65.7 Å². The highest BCUT2D eigenvalue weighted by Gasteiger charge is 2.46. The average Bonchev–Trinajstić information content (AvgIpc) is 3.38. The molecule has 4 aromatic rings. The second kappa shape index (κ2) is 8.69. The largest absolute Gasteiger partial charge is 0.487 e. The Labute approximate surface area is 190 Å². The molecule has 0 spiro atoms. The lowest BCUT2D eigenvalue weighted by Gasteiger charge is -2.25. The molecule has 5 rings (SSSR count). The van der Waals surface area contributed by atoms with Gasteiger partial charge in [0.05, 0.1) is 5.69 Å². The number of halogens is 2. The lowest BCUT2D eigenvalue weighted by molar-refractivity contribution is 0.0564. The number of pyridine rings is 1. The van der Waals surface area contributed by atoms with E-state index < -0.39 is 6.55 Å². The summed E-state index contributed by atoms with van der Waals surface area (Å²) < 4.78 is 32.7. The van der Waals surface area contributed by atoms with Crippen LogP contribution in [0, 0.1) is 5.41 Å². The van der Waals surface area contributed by atoms with Crippen molar-refractivity contribution in [1.29, 1.82) is 0 Å². The number of alkyl halides is 2. The van der Waals surface area contributed by atoms with Gasteiger partial charge in [0.1, 0.15) is 12.4 Å². The highest BCUT2D eigenvalue weighted by atomic mass is 19.3. The van der Waals surface area contributed by atoms with Gasteiger partial charge in [0.25, 0.3) is 0 Å². The Hall–Kier alpha value is -3.68. The van der Waals surface area contributed by atoms with Gasteiger partial charge in [-0.25, -0.2) is 0 Å². The molecular formula is C25H23F2N5O. The Bertz CT molecular complexity index is 1210. The van der Waals surface area contributed by atoms with Crippen LogP contribution in [0.25, 0.3) is 11.4 Å². The molecule has 0 N–H and O–H groups in total. The fourth-order valence-corrected chi connectivity index (χ4v) is 4.22. The molecule has 1 atom stereocenters. The lowest BCUT2D eigenvalue weighted by atomic mass is 9.79. The molecule has 1 aliphatic rings. The van der Waals surface area contributed by atoms with Crippen molar-refractivity contribution in [1.82, 2.24) is 25.2 Å². The first-order chi connectivity index (χ1) is 16.0. The molecule has 8 heteroatoms. The van der Waals surface area contributed by atoms with E-state index in [1.807, 2.05) is 54.6 Å². The highest BCUT2D eigenvalue weighted by molar-refractivity contribution is 5.56. The maximum atomic E-state index is 13.1. The Balaban J connectivity index is 1.36. The molecule has 33 heavy (non-hydrogen) atoms. The molecule has 2 aromatic heterocycles. The molecule has 0 bridgehead atoms. The normalized spacial score (nSPS) is 15.4. The van der Waals surface area contributed by atoms with Crippen molar-refractivity contribution in [2.24, 2.45) is 5.41 Å². The minimum absolute atomic E-state index is 0.0557. The number of nitrogens with zero attached hydrogens (tertiary/aromatic N) is 5. The Kier molecular flexibility index (Phi) is 5.58. The molecule has 0 radical (unpaired) electrons. The van der Waals surface area contributed by atoms with E-state index in [4.69, 9.17) is 4.74 Å². The third-order valence-electron chi connectivity index (χ3n) is 6.24. The molecule has 1 saturated carbocycles. The monoisotopic (exact) mass is 447 g/mol. The number of hydrogen-bond acceptors (Lipinski definition) is 5. The number of ether oxygens (including phenoxy) is 1. The summed E-state index contributed by atoms with van der Waals surface area (Å²) in [5.74, 6) is 1.04. The van der Waals surface area contributed by atoms with Gasteiger partial charge in [-0.3, -0.25) is 4.98 Å². The minimum atomic E-state index is -2.79. The van der Waals surface area contributed by atoms with Crippen LogP contribution in [-0.2, 0) is 6.61 Å².